The first-order valence-electron chi connectivity index (χ1n) is 42.9. The lowest BCUT2D eigenvalue weighted by Crippen LogP contribution is -2.64. The van der Waals surface area contributed by atoms with Gasteiger partial charge in [0.15, 0.2) is 15.0 Å². The molecule has 135 heavy (non-hydrogen) atoms. The number of hydrogen-bond acceptors (Lipinski definition) is 21. The maximum Gasteiger partial charge on any atom is 0.335 e. The highest BCUT2D eigenvalue weighted by Gasteiger charge is 2.40. The molecule has 0 bridgehead atoms. The average Bonchev–Trinajstić information content (AvgIpc) is 1.76. The van der Waals surface area contributed by atoms with Gasteiger partial charge >= 0.3 is 11.9 Å². The number of carbonyl (C=O) groups excluding carboxylic acids is 7. The van der Waals surface area contributed by atoms with E-state index < -0.39 is 47.0 Å². The molecule has 7 aromatic heterocycles. The Morgan fingerprint density at radius 2 is 0.637 bits per heavy atom. The van der Waals surface area contributed by atoms with Crippen LogP contribution in [0.3, 0.4) is 0 Å². The summed E-state index contributed by atoms with van der Waals surface area (Å²) in [4.78, 5) is 137. The summed E-state index contributed by atoms with van der Waals surface area (Å²) >= 11 is 4.15. The second-order valence-corrected chi connectivity index (χ2v) is 35.3. The predicted octanol–water partition coefficient (Wildman–Crippen LogP) is 11.8. The van der Waals surface area contributed by atoms with Crippen LogP contribution in [-0.2, 0) is 0 Å². The van der Waals surface area contributed by atoms with Gasteiger partial charge in [0, 0.05) is 251 Å². The number of halogens is 4. The monoisotopic (exact) mass is 1880 g/mol. The topological polar surface area (TPSA) is 390 Å². The number of aromatic nitrogens is 7. The molecule has 0 unspecified atom stereocenters. The number of rotatable bonds is 16. The summed E-state index contributed by atoms with van der Waals surface area (Å²) in [5.74, 6) is -6.07. The smallest absolute Gasteiger partial charge is 0.335 e. The molecule has 0 radical (unpaired) electrons. The van der Waals surface area contributed by atoms with Crippen molar-refractivity contribution in [3.8, 4) is 34.9 Å². The highest BCUT2D eigenvalue weighted by atomic mass is 32.1. The minimum atomic E-state index is -1.01. The Balaban J connectivity index is 0.000000121. The SMILES string of the molecule is N#Cc1cc(-n2ccc3cc(C(=O)N4CC(N5CCN(C(=O)c6nccs6)CC5)C4)ccc32)ccc1F.N#Cc1cc(-n2ccc3cc(C(=O)O)ccc32)ccc1F.NC(=O)c1cc(-n2ccc3cc(C(=O)N4CC(N5CCN(C(=O)c6nccs6)CC5)C4)ccc32)ccc1F.NC(=O)c1cc(-n2ccc3cc(C(=O)O)ccc32)ccc1F.O=C(c1nccs1)N1CCN(C2CNC2)CC1. The number of piperazine rings is 3. The molecule has 6 saturated heterocycles. The summed E-state index contributed by atoms with van der Waals surface area (Å²) in [5.41, 5.74) is 17.4. The minimum Gasteiger partial charge on any atom is -0.478 e. The lowest BCUT2D eigenvalue weighted by molar-refractivity contribution is 0.00807. The normalized spacial score (nSPS) is 15.4. The number of carboxylic acid groups (broad SMARTS) is 2. The van der Waals surface area contributed by atoms with Crippen molar-refractivity contribution in [2.24, 2.45) is 11.5 Å². The standard InChI is InChI=1S/C27H25FN6O3S.C27H23FN6O2S.C16H11FN2O3.C16H9FN2O2.C11H16N4OS/c28-22-3-2-19(14-21(22)24(29)35)34-7-5-17-13-18(1-4-23(17)34)26(36)33-15-20(16-33)31-8-10-32(11-9-31)27(37)25-30-6-12-38-25;28-23-3-2-21(14-20(23)15-29)34-7-5-18-13-19(1-4-24(18)34)26(35)33-16-22(17-33)31-8-10-32(11-9-31)27(36)25-30-6-12-37-25;17-13-3-2-11(8-12(13)15(18)20)19-6-5-9-7-10(16(21)22)1-4-14(9)19;17-14-3-2-13(8-12(14)9-18)19-6-5-10-7-11(16(20)21)1-4-15(10)19;16-11(10-13-1-6-17-10)15-4-2-14(3-5-15)9-7-12-8-9/h1-7,12-14,20H,8-11,15-16H2,(H2,29,35);1-7,12-14,22H,8-11,16-17H2;1-8H,(H2,18,20)(H,21,22);1-8H,(H,20,21);1,6,9,12H,2-5,7-8H2. The van der Waals surface area contributed by atoms with Crippen molar-refractivity contribution in [2.45, 2.75) is 18.1 Å². The van der Waals surface area contributed by atoms with Gasteiger partial charge in [-0.1, -0.05) is 0 Å². The highest BCUT2D eigenvalue weighted by Crippen LogP contribution is 2.32. The molecular weight excluding hydrogens is 1790 g/mol. The van der Waals surface area contributed by atoms with Crippen LogP contribution in [0.4, 0.5) is 17.6 Å². The van der Waals surface area contributed by atoms with Gasteiger partial charge in [0.2, 0.25) is 0 Å². The van der Waals surface area contributed by atoms with Gasteiger partial charge in [-0.3, -0.25) is 48.3 Å². The number of fused-ring (bicyclic) bond motifs is 4. The fourth-order valence-electron chi connectivity index (χ4n) is 17.1. The van der Waals surface area contributed by atoms with Crippen LogP contribution in [0.1, 0.15) is 103 Å². The van der Waals surface area contributed by atoms with Gasteiger partial charge < -0.3 is 69.8 Å². The third-order valence-corrected chi connectivity index (χ3v) is 27.0. The number of amides is 7. The summed E-state index contributed by atoms with van der Waals surface area (Å²) in [5, 5.41) is 49.7. The summed E-state index contributed by atoms with van der Waals surface area (Å²) in [7, 11) is 0. The molecule has 7 amide bonds. The molecule has 21 rings (SSSR count). The molecule has 0 atom stereocenters. The van der Waals surface area contributed by atoms with Gasteiger partial charge in [0.05, 0.1) is 55.4 Å². The van der Waals surface area contributed by atoms with Crippen molar-refractivity contribution in [2.75, 3.05) is 118 Å². The number of nitrogens with zero attached hydrogens (tertiary/aromatic N) is 17. The Hall–Kier alpha value is -15.4. The zero-order valence-corrected chi connectivity index (χ0v) is 74.4. The Labute approximate surface area is 779 Å². The zero-order valence-electron chi connectivity index (χ0n) is 72.0. The summed E-state index contributed by atoms with van der Waals surface area (Å²) < 4.78 is 61.8. The van der Waals surface area contributed by atoms with Gasteiger partial charge in [-0.2, -0.15) is 10.5 Å². The van der Waals surface area contributed by atoms with Crippen molar-refractivity contribution >= 4 is 131 Å². The Kier molecular flexibility index (Phi) is 27.1. The molecule has 13 heterocycles. The predicted molar refractivity (Wildman–Crippen MR) is 498 cm³/mol. The fraction of sp³-hybridized carbons (Fsp3) is 0.216. The van der Waals surface area contributed by atoms with Crippen LogP contribution in [0.5, 0.6) is 0 Å². The average molecular weight is 1880 g/mol. The van der Waals surface area contributed by atoms with Crippen molar-refractivity contribution in [3.05, 3.63) is 312 Å². The molecule has 7 N–H and O–H groups in total. The highest BCUT2D eigenvalue weighted by molar-refractivity contribution is 7.12. The maximum absolute atomic E-state index is 13.9. The molecule has 31 nitrogen and oxygen atoms in total. The van der Waals surface area contributed by atoms with Crippen molar-refractivity contribution in [3.63, 3.8) is 0 Å². The first kappa shape index (κ1) is 91.5. The maximum atomic E-state index is 13.9. The van der Waals surface area contributed by atoms with Gasteiger partial charge in [-0.25, -0.2) is 42.1 Å². The Morgan fingerprint density at radius 3 is 0.911 bits per heavy atom. The second-order valence-electron chi connectivity index (χ2n) is 32.6. The van der Waals surface area contributed by atoms with Gasteiger partial charge in [0.1, 0.15) is 35.4 Å². The van der Waals surface area contributed by atoms with Gasteiger partial charge in [0.25, 0.3) is 41.4 Å². The molecule has 15 aromatic rings. The lowest BCUT2D eigenvalue weighted by atomic mass is 10.0. The minimum absolute atomic E-state index is 0.00275. The lowest BCUT2D eigenvalue weighted by Gasteiger charge is -2.48. The quantitative estimate of drug-likeness (QED) is 0.0561. The zero-order chi connectivity index (χ0) is 94.4. The number of likely N-dealkylation sites (tertiary alicyclic amines) is 2. The summed E-state index contributed by atoms with van der Waals surface area (Å²) in [6, 6.07) is 49.8. The number of aromatic carboxylic acids is 2. The van der Waals surface area contributed by atoms with Crippen LogP contribution in [0.25, 0.3) is 66.4 Å². The van der Waals surface area contributed by atoms with Crippen LogP contribution < -0.4 is 16.8 Å². The summed E-state index contributed by atoms with van der Waals surface area (Å²) in [6.45, 7) is 14.3. The summed E-state index contributed by atoms with van der Waals surface area (Å²) in [6.07, 6.45) is 12.1. The van der Waals surface area contributed by atoms with Crippen molar-refractivity contribution in [1.29, 1.82) is 10.5 Å². The van der Waals surface area contributed by atoms with E-state index in [9.17, 15) is 60.7 Å². The molecular formula is C97H84F4N20O11S3. The molecule has 684 valence electrons. The third kappa shape index (κ3) is 19.8. The number of nitriles is 2. The number of carbonyl (C=O) groups is 9. The number of nitrogens with one attached hydrogen (secondary N) is 1. The van der Waals surface area contributed by atoms with Gasteiger partial charge in [-0.05, 0) is 170 Å². The van der Waals surface area contributed by atoms with Gasteiger partial charge in [-0.15, -0.1) is 34.0 Å². The van der Waals surface area contributed by atoms with Crippen LogP contribution in [0.2, 0.25) is 0 Å². The van der Waals surface area contributed by atoms with Crippen molar-refractivity contribution in [1.82, 2.24) is 77.7 Å². The van der Waals surface area contributed by atoms with Crippen LogP contribution in [-0.4, -0.2) is 272 Å². The van der Waals surface area contributed by atoms with E-state index >= 15 is 0 Å². The molecule has 0 saturated carbocycles. The first-order chi connectivity index (χ1) is 65.3. The second kappa shape index (κ2) is 39.9. The molecule has 0 aliphatic carbocycles. The Morgan fingerprint density at radius 1 is 0.348 bits per heavy atom. The van der Waals surface area contributed by atoms with E-state index in [-0.39, 0.29) is 62.9 Å². The number of thiazole rings is 3. The number of nitrogens with two attached hydrogens (primary N) is 2. The molecule has 0 spiro atoms. The van der Waals surface area contributed by atoms with E-state index in [0.29, 0.717) is 119 Å². The van der Waals surface area contributed by atoms with Crippen LogP contribution >= 0.6 is 34.0 Å². The van der Waals surface area contributed by atoms with E-state index in [2.05, 4.69) is 35.0 Å². The number of primary amides is 2. The molecule has 6 aliphatic rings. The van der Waals surface area contributed by atoms with E-state index in [4.69, 9.17) is 32.2 Å². The van der Waals surface area contributed by atoms with E-state index in [0.717, 1.165) is 109 Å². The first-order valence-corrected chi connectivity index (χ1v) is 45.5. The number of carboxylic acids is 2. The molecule has 8 aromatic carbocycles. The third-order valence-electron chi connectivity index (χ3n) is 24.7. The molecule has 6 aliphatic heterocycles. The molecule has 38 heteroatoms. The fourth-order valence-corrected chi connectivity index (χ4v) is 18.9. The van der Waals surface area contributed by atoms with E-state index in [1.807, 2.05) is 111 Å². The van der Waals surface area contributed by atoms with Crippen LogP contribution in [0.15, 0.2) is 229 Å². The van der Waals surface area contributed by atoms with Crippen LogP contribution in [0, 0.1) is 45.9 Å². The number of benzene rings is 8. The van der Waals surface area contributed by atoms with E-state index in [1.54, 1.807) is 107 Å². The van der Waals surface area contributed by atoms with E-state index in [1.165, 1.54) is 101 Å². The van der Waals surface area contributed by atoms with Crippen molar-refractivity contribution < 1.29 is 70.9 Å². The Bertz CT molecular complexity index is 7150. The number of hydrogen-bond donors (Lipinski definition) is 5. The molecule has 6 fully saturated rings. The largest absolute Gasteiger partial charge is 0.478 e.